The molecule has 9 heteroatoms. The maximum absolute atomic E-state index is 12.9. The number of benzene rings is 2. The normalized spacial score (nSPS) is 12.5. The summed E-state index contributed by atoms with van der Waals surface area (Å²) in [5, 5.41) is 2.84. The molecule has 0 aliphatic heterocycles. The summed E-state index contributed by atoms with van der Waals surface area (Å²) in [6.07, 6.45) is 1.82. The molecule has 3 rings (SSSR count). The number of carbonyl (C=O) groups excluding carboxylic acids is 3. The fourth-order valence-corrected chi connectivity index (χ4v) is 3.12. The van der Waals surface area contributed by atoms with E-state index in [-0.39, 0.29) is 31.5 Å². The Hall–Kier alpha value is -3.75. The maximum Gasteiger partial charge on any atom is 0.325 e. The summed E-state index contributed by atoms with van der Waals surface area (Å²) in [4.78, 5) is 38.1. The molecule has 2 aromatic carbocycles. The number of ether oxygens (including phenoxy) is 4. The molecule has 9 nitrogen and oxygen atoms in total. The topological polar surface area (TPSA) is 103 Å². The summed E-state index contributed by atoms with van der Waals surface area (Å²) in [7, 11) is 4.33. The summed E-state index contributed by atoms with van der Waals surface area (Å²) < 4.78 is 20.9. The minimum absolute atomic E-state index is 0.0128. The number of anilines is 1. The zero-order valence-corrected chi connectivity index (χ0v) is 19.0. The predicted molar refractivity (Wildman–Crippen MR) is 120 cm³/mol. The van der Waals surface area contributed by atoms with Crippen LogP contribution in [0, 0.1) is 5.92 Å². The molecule has 0 aromatic heterocycles. The molecule has 0 bridgehead atoms. The zero-order chi connectivity index (χ0) is 23.8. The van der Waals surface area contributed by atoms with Crippen LogP contribution in [0.2, 0.25) is 0 Å². The lowest BCUT2D eigenvalue weighted by molar-refractivity contribution is -0.148. The summed E-state index contributed by atoms with van der Waals surface area (Å²) in [6, 6.07) is 12.1. The number of hydrogen-bond acceptors (Lipinski definition) is 7. The second-order valence-electron chi connectivity index (χ2n) is 7.63. The van der Waals surface area contributed by atoms with E-state index in [4.69, 9.17) is 18.9 Å². The molecule has 176 valence electrons. The van der Waals surface area contributed by atoms with Gasteiger partial charge in [0.25, 0.3) is 5.91 Å². The Bertz CT molecular complexity index is 982. The van der Waals surface area contributed by atoms with Crippen LogP contribution in [0.4, 0.5) is 5.69 Å². The van der Waals surface area contributed by atoms with Crippen molar-refractivity contribution in [2.75, 3.05) is 39.8 Å². The quantitative estimate of drug-likeness (QED) is 0.519. The number of esters is 1. The van der Waals surface area contributed by atoms with Crippen molar-refractivity contribution in [1.29, 1.82) is 0 Å². The Morgan fingerprint density at radius 1 is 0.970 bits per heavy atom. The highest BCUT2D eigenvalue weighted by Gasteiger charge is 2.29. The largest absolute Gasteiger partial charge is 0.497 e. The highest BCUT2D eigenvalue weighted by atomic mass is 16.5. The SMILES string of the molecule is COC(=O)CN(Cc1cc(OC)cc(OC)c1)C(=O)COc1cccc(NC(=O)C2CC2)c1. The summed E-state index contributed by atoms with van der Waals surface area (Å²) in [6.45, 7) is -0.407. The van der Waals surface area contributed by atoms with Crippen molar-refractivity contribution in [2.24, 2.45) is 5.92 Å². The highest BCUT2D eigenvalue weighted by Crippen LogP contribution is 2.30. The van der Waals surface area contributed by atoms with Gasteiger partial charge in [-0.2, -0.15) is 0 Å². The van der Waals surface area contributed by atoms with Gasteiger partial charge in [-0.3, -0.25) is 14.4 Å². The van der Waals surface area contributed by atoms with Gasteiger partial charge in [-0.1, -0.05) is 6.07 Å². The number of nitrogens with one attached hydrogen (secondary N) is 1. The van der Waals surface area contributed by atoms with Crippen LogP contribution < -0.4 is 19.5 Å². The van der Waals surface area contributed by atoms with Crippen LogP contribution in [0.25, 0.3) is 0 Å². The summed E-state index contributed by atoms with van der Waals surface area (Å²) >= 11 is 0. The standard InChI is InChI=1S/C24H28N2O7/c1-30-20-9-16(10-21(12-20)31-2)13-26(14-23(28)32-3)22(27)15-33-19-6-4-5-18(11-19)25-24(29)17-7-8-17/h4-6,9-12,17H,7-8,13-15H2,1-3H3,(H,25,29). The first-order valence-corrected chi connectivity index (χ1v) is 10.5. The molecule has 1 fully saturated rings. The number of carbonyl (C=O) groups is 3. The van der Waals surface area contributed by atoms with Crippen LogP contribution >= 0.6 is 0 Å². The molecule has 1 aliphatic carbocycles. The fourth-order valence-electron chi connectivity index (χ4n) is 3.12. The van der Waals surface area contributed by atoms with Crippen LogP contribution in [0.1, 0.15) is 18.4 Å². The van der Waals surface area contributed by atoms with Crippen molar-refractivity contribution >= 4 is 23.5 Å². The van der Waals surface area contributed by atoms with E-state index < -0.39 is 11.9 Å². The molecule has 2 amide bonds. The lowest BCUT2D eigenvalue weighted by atomic mass is 10.2. The van der Waals surface area contributed by atoms with Gasteiger partial charge < -0.3 is 29.2 Å². The minimum atomic E-state index is -0.553. The first-order valence-electron chi connectivity index (χ1n) is 10.5. The van der Waals surface area contributed by atoms with Crippen molar-refractivity contribution in [3.63, 3.8) is 0 Å². The second kappa shape index (κ2) is 11.2. The number of nitrogens with zero attached hydrogens (tertiary/aromatic N) is 1. The molecule has 1 N–H and O–H groups in total. The second-order valence-corrected chi connectivity index (χ2v) is 7.63. The van der Waals surface area contributed by atoms with E-state index in [1.807, 2.05) is 0 Å². The van der Waals surface area contributed by atoms with E-state index in [0.29, 0.717) is 28.5 Å². The Balaban J connectivity index is 1.67. The van der Waals surface area contributed by atoms with Crippen molar-refractivity contribution in [3.8, 4) is 17.2 Å². The first-order chi connectivity index (χ1) is 15.9. The Labute approximate surface area is 192 Å². The van der Waals surface area contributed by atoms with Gasteiger partial charge in [0.15, 0.2) is 6.61 Å². The molecule has 1 saturated carbocycles. The molecule has 0 heterocycles. The molecule has 33 heavy (non-hydrogen) atoms. The van der Waals surface area contributed by atoms with Gasteiger partial charge in [-0.05, 0) is 42.7 Å². The number of methoxy groups -OCH3 is 3. The molecule has 0 spiro atoms. The summed E-state index contributed by atoms with van der Waals surface area (Å²) in [5.41, 5.74) is 1.32. The zero-order valence-electron chi connectivity index (χ0n) is 19.0. The monoisotopic (exact) mass is 456 g/mol. The van der Waals surface area contributed by atoms with Crippen LogP contribution in [-0.2, 0) is 25.7 Å². The van der Waals surface area contributed by atoms with E-state index in [9.17, 15) is 14.4 Å². The van der Waals surface area contributed by atoms with Crippen molar-refractivity contribution in [2.45, 2.75) is 19.4 Å². The van der Waals surface area contributed by atoms with Gasteiger partial charge in [0, 0.05) is 30.3 Å². The van der Waals surface area contributed by atoms with Crippen LogP contribution in [0.3, 0.4) is 0 Å². The molecular weight excluding hydrogens is 428 g/mol. The molecule has 0 saturated heterocycles. The van der Waals surface area contributed by atoms with Gasteiger partial charge >= 0.3 is 5.97 Å². The number of hydrogen-bond donors (Lipinski definition) is 1. The van der Waals surface area contributed by atoms with Gasteiger partial charge in [-0.25, -0.2) is 0 Å². The van der Waals surface area contributed by atoms with E-state index in [0.717, 1.165) is 12.8 Å². The van der Waals surface area contributed by atoms with Gasteiger partial charge in [0.1, 0.15) is 23.8 Å². The molecule has 0 radical (unpaired) electrons. The third-order valence-electron chi connectivity index (χ3n) is 5.10. The number of amides is 2. The van der Waals surface area contributed by atoms with Crippen LogP contribution in [0.5, 0.6) is 17.2 Å². The maximum atomic E-state index is 12.9. The van der Waals surface area contributed by atoms with Gasteiger partial charge in [-0.15, -0.1) is 0 Å². The van der Waals surface area contributed by atoms with E-state index in [1.54, 1.807) is 42.5 Å². The Morgan fingerprint density at radius 3 is 2.27 bits per heavy atom. The van der Waals surface area contributed by atoms with E-state index in [2.05, 4.69) is 5.32 Å². The molecule has 0 atom stereocenters. The third kappa shape index (κ3) is 7.13. The predicted octanol–water partition coefficient (Wildman–Crippen LogP) is 2.63. The smallest absolute Gasteiger partial charge is 0.325 e. The minimum Gasteiger partial charge on any atom is -0.497 e. The molecule has 2 aromatic rings. The van der Waals surface area contributed by atoms with Crippen molar-refractivity contribution in [1.82, 2.24) is 4.90 Å². The summed E-state index contributed by atoms with van der Waals surface area (Å²) in [5.74, 6) is 0.669. The first kappa shape index (κ1) is 23.9. The van der Waals surface area contributed by atoms with Gasteiger partial charge in [0.05, 0.1) is 21.3 Å². The lowest BCUT2D eigenvalue weighted by Crippen LogP contribution is -2.38. The lowest BCUT2D eigenvalue weighted by Gasteiger charge is -2.22. The van der Waals surface area contributed by atoms with Gasteiger partial charge in [0.2, 0.25) is 5.91 Å². The third-order valence-corrected chi connectivity index (χ3v) is 5.10. The van der Waals surface area contributed by atoms with Crippen molar-refractivity contribution in [3.05, 3.63) is 48.0 Å². The average molecular weight is 456 g/mol. The van der Waals surface area contributed by atoms with E-state index in [1.165, 1.54) is 26.2 Å². The number of rotatable bonds is 11. The molecular formula is C24H28N2O7. The van der Waals surface area contributed by atoms with Crippen LogP contribution in [-0.4, -0.2) is 57.2 Å². The highest BCUT2D eigenvalue weighted by molar-refractivity contribution is 5.94. The van der Waals surface area contributed by atoms with E-state index >= 15 is 0 Å². The Morgan fingerprint density at radius 2 is 1.67 bits per heavy atom. The Kier molecular flexibility index (Phi) is 8.12. The molecule has 0 unspecified atom stereocenters. The molecule has 1 aliphatic rings. The average Bonchev–Trinajstić information content (AvgIpc) is 3.67. The van der Waals surface area contributed by atoms with Crippen LogP contribution in [0.15, 0.2) is 42.5 Å². The van der Waals surface area contributed by atoms with Crippen molar-refractivity contribution < 1.29 is 33.3 Å². The fraction of sp³-hybridized carbons (Fsp3) is 0.375.